The number of carboxylic acids is 1. The number of carbonyl (C=O) groups excluding carboxylic acids is 1. The van der Waals surface area contributed by atoms with Crippen molar-refractivity contribution in [3.8, 4) is 11.5 Å². The summed E-state index contributed by atoms with van der Waals surface area (Å²) in [5, 5.41) is 20.6. The molecule has 0 spiro atoms. The lowest BCUT2D eigenvalue weighted by Crippen LogP contribution is -2.32. The molecule has 2 amide bonds. The van der Waals surface area contributed by atoms with Gasteiger partial charge in [0.1, 0.15) is 16.5 Å². The van der Waals surface area contributed by atoms with Crippen molar-refractivity contribution >= 4 is 40.7 Å². The summed E-state index contributed by atoms with van der Waals surface area (Å²) in [4.78, 5) is 36.4. The first-order valence-corrected chi connectivity index (χ1v) is 14.4. The number of amides is 2. The summed E-state index contributed by atoms with van der Waals surface area (Å²) in [5.41, 5.74) is 2.40. The third-order valence-electron chi connectivity index (χ3n) is 6.50. The van der Waals surface area contributed by atoms with Gasteiger partial charge in [-0.1, -0.05) is 48.0 Å². The van der Waals surface area contributed by atoms with Crippen LogP contribution < -0.4 is 31.1 Å². The molecule has 5 rings (SSSR count). The zero-order valence-corrected chi connectivity index (χ0v) is 25.0. The first kappa shape index (κ1) is 33.8. The molecule has 0 unspecified atom stereocenters. The zero-order chi connectivity index (χ0) is 33.1. The van der Waals surface area contributed by atoms with Gasteiger partial charge in [0.05, 0.1) is 18.4 Å². The fraction of sp³-hybridized carbons (Fsp3) is 0.226. The van der Waals surface area contributed by atoms with Gasteiger partial charge >= 0.3 is 18.2 Å². The number of benzene rings is 3. The number of para-hydroxylation sites is 1. The van der Waals surface area contributed by atoms with Crippen molar-refractivity contribution in [2.45, 2.75) is 19.1 Å². The van der Waals surface area contributed by atoms with Gasteiger partial charge in [-0.3, -0.25) is 4.79 Å². The number of nitrogens with zero attached hydrogens (tertiary/aromatic N) is 3. The predicted molar refractivity (Wildman–Crippen MR) is 168 cm³/mol. The average molecular weight is 659 g/mol. The van der Waals surface area contributed by atoms with E-state index in [1.54, 1.807) is 30.5 Å². The molecule has 4 aromatic rings. The van der Waals surface area contributed by atoms with Gasteiger partial charge in [0, 0.05) is 37.1 Å². The molecule has 4 N–H and O–H groups in total. The molecule has 3 aromatic carbocycles. The van der Waals surface area contributed by atoms with Crippen molar-refractivity contribution in [1.29, 1.82) is 0 Å². The maximum absolute atomic E-state index is 12.9. The molecule has 1 aliphatic rings. The average Bonchev–Trinajstić information content (AvgIpc) is 3.31. The molecule has 1 aliphatic heterocycles. The molecule has 11 nitrogen and oxygen atoms in total. The topological polar surface area (TPSA) is 138 Å². The Hall–Kier alpha value is -5.08. The van der Waals surface area contributed by atoms with Gasteiger partial charge in [-0.15, -0.1) is 0 Å². The third-order valence-corrected chi connectivity index (χ3v) is 6.86. The molecule has 0 bridgehead atoms. The van der Waals surface area contributed by atoms with Crippen LogP contribution in [0.2, 0.25) is 5.02 Å². The van der Waals surface area contributed by atoms with Crippen molar-refractivity contribution in [1.82, 2.24) is 15.1 Å². The summed E-state index contributed by atoms with van der Waals surface area (Å²) in [6.45, 7) is 3.66. The monoisotopic (exact) mass is 658 g/mol. The maximum atomic E-state index is 12.9. The van der Waals surface area contributed by atoms with Crippen LogP contribution in [0, 0.1) is 0 Å². The Kier molecular flexibility index (Phi) is 11.6. The molecular formula is C31H30ClF3N6O5. The van der Waals surface area contributed by atoms with Crippen LogP contribution in [-0.4, -0.2) is 59.2 Å². The molecule has 0 radical (unpaired) electrons. The lowest BCUT2D eigenvalue weighted by Gasteiger charge is -2.23. The Morgan fingerprint density at radius 3 is 2.30 bits per heavy atom. The van der Waals surface area contributed by atoms with Crippen molar-refractivity contribution in [3.05, 3.63) is 106 Å². The predicted octanol–water partition coefficient (Wildman–Crippen LogP) is 5.81. The molecular weight excluding hydrogens is 629 g/mol. The molecule has 0 saturated carbocycles. The van der Waals surface area contributed by atoms with Gasteiger partial charge in [0.25, 0.3) is 5.56 Å². The number of halogens is 4. The maximum Gasteiger partial charge on any atom is 0.490 e. The highest BCUT2D eigenvalue weighted by Gasteiger charge is 2.38. The van der Waals surface area contributed by atoms with Crippen LogP contribution in [0.1, 0.15) is 12.0 Å². The summed E-state index contributed by atoms with van der Waals surface area (Å²) < 4.78 is 38.9. The molecule has 1 aromatic heterocycles. The highest BCUT2D eigenvalue weighted by Crippen LogP contribution is 2.24. The second kappa shape index (κ2) is 15.8. The minimum absolute atomic E-state index is 0.181. The molecule has 0 aliphatic carbocycles. The number of carbonyl (C=O) groups is 2. The number of rotatable bonds is 7. The number of hydrogen-bond acceptors (Lipinski definition) is 7. The van der Waals surface area contributed by atoms with Gasteiger partial charge in [-0.2, -0.15) is 18.3 Å². The van der Waals surface area contributed by atoms with E-state index in [0.29, 0.717) is 28.6 Å². The first-order chi connectivity index (χ1) is 22.0. The number of ether oxygens (including phenoxy) is 1. The number of alkyl halides is 3. The van der Waals surface area contributed by atoms with Crippen LogP contribution in [0.4, 0.5) is 35.0 Å². The molecule has 46 heavy (non-hydrogen) atoms. The summed E-state index contributed by atoms with van der Waals surface area (Å²) in [6, 6.07) is 23.4. The number of hydrogen-bond donors (Lipinski definition) is 4. The van der Waals surface area contributed by atoms with E-state index in [9.17, 15) is 22.8 Å². The van der Waals surface area contributed by atoms with Crippen LogP contribution in [0.25, 0.3) is 0 Å². The van der Waals surface area contributed by atoms with Crippen LogP contribution in [0.3, 0.4) is 0 Å². The highest BCUT2D eigenvalue weighted by atomic mass is 35.5. The fourth-order valence-electron chi connectivity index (χ4n) is 4.30. The van der Waals surface area contributed by atoms with Gasteiger partial charge in [-0.25, -0.2) is 14.3 Å². The van der Waals surface area contributed by atoms with Crippen LogP contribution in [0.15, 0.2) is 89.9 Å². The highest BCUT2D eigenvalue weighted by molar-refractivity contribution is 6.33. The Labute approximate surface area is 266 Å². The zero-order valence-electron chi connectivity index (χ0n) is 24.3. The molecule has 1 saturated heterocycles. The molecule has 2 heterocycles. The fourth-order valence-corrected chi connectivity index (χ4v) is 4.56. The van der Waals surface area contributed by atoms with Crippen LogP contribution in [0.5, 0.6) is 11.5 Å². The van der Waals surface area contributed by atoms with E-state index in [1.807, 2.05) is 54.6 Å². The Morgan fingerprint density at radius 1 is 0.935 bits per heavy atom. The molecule has 242 valence electrons. The summed E-state index contributed by atoms with van der Waals surface area (Å²) in [6.07, 6.45) is -2.44. The van der Waals surface area contributed by atoms with E-state index in [1.165, 1.54) is 4.68 Å². The summed E-state index contributed by atoms with van der Waals surface area (Å²) in [5.74, 6) is -1.43. The Bertz CT molecular complexity index is 1680. The lowest BCUT2D eigenvalue weighted by molar-refractivity contribution is -0.192. The Balaban J connectivity index is 0.000000617. The summed E-state index contributed by atoms with van der Waals surface area (Å²) in [7, 11) is 0. The van der Waals surface area contributed by atoms with Gasteiger partial charge in [-0.05, 0) is 54.9 Å². The molecule has 0 atom stereocenters. The second-order valence-corrected chi connectivity index (χ2v) is 10.3. The largest absolute Gasteiger partial charge is 0.490 e. The van der Waals surface area contributed by atoms with Crippen LogP contribution >= 0.6 is 11.6 Å². The molecule has 15 heteroatoms. The van der Waals surface area contributed by atoms with E-state index >= 15 is 0 Å². The number of nitrogens with one attached hydrogen (secondary N) is 3. The van der Waals surface area contributed by atoms with Crippen molar-refractivity contribution in [3.63, 3.8) is 0 Å². The van der Waals surface area contributed by atoms with E-state index in [2.05, 4.69) is 25.9 Å². The minimum atomic E-state index is -5.08. The number of urea groups is 1. The second-order valence-electron chi connectivity index (χ2n) is 9.92. The van der Waals surface area contributed by atoms with E-state index < -0.39 is 12.1 Å². The smallest absolute Gasteiger partial charge is 0.475 e. The quantitative estimate of drug-likeness (QED) is 0.195. The summed E-state index contributed by atoms with van der Waals surface area (Å²) >= 11 is 6.45. The normalized spacial score (nSPS) is 13.1. The van der Waals surface area contributed by atoms with Gasteiger partial charge in [0.2, 0.25) is 0 Å². The van der Waals surface area contributed by atoms with E-state index in [-0.39, 0.29) is 23.2 Å². The number of aliphatic carboxylic acids is 1. The standard InChI is InChI=1S/C29H29ClN6O3.C2HF3O2/c30-27-26(35-16-5-14-31-15-17-35)19-32-36(28(27)37)20-21-10-12-22(13-11-21)33-29(38)34-23-6-4-9-25(18-23)39-24-7-2-1-3-8-24;3-2(4,5)1(6)7/h1-4,6-13,18-19,31H,5,14-17,20H2,(H2,33,34,38);(H,6,7). The first-order valence-electron chi connectivity index (χ1n) is 14.0. The lowest BCUT2D eigenvalue weighted by atomic mass is 10.2. The van der Waals surface area contributed by atoms with Crippen LogP contribution in [-0.2, 0) is 11.3 Å². The minimum Gasteiger partial charge on any atom is -0.475 e. The van der Waals surface area contributed by atoms with E-state index in [4.69, 9.17) is 26.2 Å². The van der Waals surface area contributed by atoms with Crippen molar-refractivity contribution in [2.24, 2.45) is 0 Å². The number of carboxylic acid groups (broad SMARTS) is 1. The number of aromatic nitrogens is 2. The van der Waals surface area contributed by atoms with Gasteiger partial charge in [0.15, 0.2) is 0 Å². The SMILES string of the molecule is O=C(Nc1ccc(Cn2ncc(N3CCCNCC3)c(Cl)c2=O)cc1)Nc1cccc(Oc2ccccc2)c1.O=C(O)C(F)(F)F. The Morgan fingerprint density at radius 2 is 1.61 bits per heavy atom. The molecule has 1 fully saturated rings. The third kappa shape index (κ3) is 9.97. The van der Waals surface area contributed by atoms with Gasteiger partial charge < -0.3 is 30.7 Å². The number of anilines is 3. The van der Waals surface area contributed by atoms with Crippen molar-refractivity contribution in [2.75, 3.05) is 41.7 Å². The van der Waals surface area contributed by atoms with Crippen molar-refractivity contribution < 1.29 is 32.6 Å². The van der Waals surface area contributed by atoms with E-state index in [0.717, 1.165) is 38.2 Å².